The van der Waals surface area contributed by atoms with Crippen LogP contribution in [0, 0.1) is 5.41 Å². The Hall–Kier alpha value is -1.00. The fourth-order valence-electron chi connectivity index (χ4n) is 1.80. The number of fused-ring (bicyclic) bond motifs is 3. The summed E-state index contributed by atoms with van der Waals surface area (Å²) >= 11 is 7.43. The molecule has 5 heteroatoms. The predicted octanol–water partition coefficient (Wildman–Crippen LogP) is 2.44. The molecule has 76 valence electrons. The van der Waals surface area contributed by atoms with Gasteiger partial charge in [-0.1, -0.05) is 23.4 Å². The van der Waals surface area contributed by atoms with E-state index in [0.717, 1.165) is 34.4 Å². The highest BCUT2D eigenvalue weighted by Crippen LogP contribution is 2.34. The van der Waals surface area contributed by atoms with Crippen molar-refractivity contribution in [2.24, 2.45) is 4.99 Å². The number of nitrogens with one attached hydrogen (secondary N) is 1. The van der Waals surface area contributed by atoms with Gasteiger partial charge in [0.05, 0.1) is 6.54 Å². The molecular weight excluding hydrogens is 230 g/mol. The molecule has 1 aromatic rings. The summed E-state index contributed by atoms with van der Waals surface area (Å²) in [7, 11) is 0. The minimum atomic E-state index is 0.557. The summed E-state index contributed by atoms with van der Waals surface area (Å²) in [6.45, 7) is 1.58. The third-order valence-electron chi connectivity index (χ3n) is 2.48. The lowest BCUT2D eigenvalue weighted by molar-refractivity contribution is 0.670. The van der Waals surface area contributed by atoms with Crippen molar-refractivity contribution < 1.29 is 0 Å². The molecule has 0 saturated heterocycles. The van der Waals surface area contributed by atoms with E-state index in [-0.39, 0.29) is 0 Å². The molecule has 0 unspecified atom stereocenters. The van der Waals surface area contributed by atoms with E-state index < -0.39 is 0 Å². The Morgan fingerprint density at radius 1 is 1.47 bits per heavy atom. The standard InChI is InChI=1S/C10H8ClN3S/c11-6-1-2-8-7(5-6)9-13-3-4-14(9)10(12)15-8/h1-2,5,12H,3-4H2. The lowest BCUT2D eigenvalue weighted by atomic mass is 10.2. The van der Waals surface area contributed by atoms with Crippen molar-refractivity contribution in [3.63, 3.8) is 0 Å². The second-order valence-corrected chi connectivity index (χ2v) is 4.87. The maximum atomic E-state index is 7.88. The largest absolute Gasteiger partial charge is 0.304 e. The molecule has 0 spiro atoms. The van der Waals surface area contributed by atoms with Gasteiger partial charge in [0.15, 0.2) is 5.17 Å². The number of hydrogen-bond acceptors (Lipinski definition) is 3. The molecular formula is C10H8ClN3S. The summed E-state index contributed by atoms with van der Waals surface area (Å²) in [5, 5.41) is 9.15. The monoisotopic (exact) mass is 237 g/mol. The smallest absolute Gasteiger partial charge is 0.167 e. The molecule has 1 N–H and O–H groups in total. The number of hydrogen-bond donors (Lipinski definition) is 1. The molecule has 0 aliphatic carbocycles. The van der Waals surface area contributed by atoms with Crippen LogP contribution in [0.4, 0.5) is 0 Å². The van der Waals surface area contributed by atoms with E-state index in [1.54, 1.807) is 0 Å². The van der Waals surface area contributed by atoms with Crippen molar-refractivity contribution in [3.05, 3.63) is 28.8 Å². The van der Waals surface area contributed by atoms with E-state index in [1.165, 1.54) is 11.8 Å². The molecule has 1 aromatic carbocycles. The van der Waals surface area contributed by atoms with Crippen LogP contribution in [0.25, 0.3) is 0 Å². The Balaban J connectivity index is 2.20. The lowest BCUT2D eigenvalue weighted by Gasteiger charge is -2.27. The average molecular weight is 238 g/mol. The highest BCUT2D eigenvalue weighted by molar-refractivity contribution is 8.14. The zero-order chi connectivity index (χ0) is 10.4. The minimum absolute atomic E-state index is 0.557. The van der Waals surface area contributed by atoms with Gasteiger partial charge >= 0.3 is 0 Å². The van der Waals surface area contributed by atoms with Crippen LogP contribution in [-0.4, -0.2) is 29.0 Å². The van der Waals surface area contributed by atoms with E-state index in [1.807, 2.05) is 23.1 Å². The highest BCUT2D eigenvalue weighted by Gasteiger charge is 2.30. The van der Waals surface area contributed by atoms with Gasteiger partial charge < -0.3 is 4.90 Å². The van der Waals surface area contributed by atoms with Crippen molar-refractivity contribution in [3.8, 4) is 0 Å². The van der Waals surface area contributed by atoms with Crippen LogP contribution in [0.2, 0.25) is 5.02 Å². The maximum absolute atomic E-state index is 7.88. The van der Waals surface area contributed by atoms with Gasteiger partial charge in [-0.25, -0.2) is 0 Å². The molecule has 3 rings (SSSR count). The Bertz CT molecular complexity index is 484. The summed E-state index contributed by atoms with van der Waals surface area (Å²) in [6.07, 6.45) is 0. The van der Waals surface area contributed by atoms with Crippen LogP contribution < -0.4 is 0 Å². The number of thioether (sulfide) groups is 1. The van der Waals surface area contributed by atoms with E-state index >= 15 is 0 Å². The molecule has 3 nitrogen and oxygen atoms in total. The number of halogens is 1. The van der Waals surface area contributed by atoms with E-state index in [0.29, 0.717) is 5.17 Å². The van der Waals surface area contributed by atoms with Gasteiger partial charge in [-0.3, -0.25) is 10.4 Å². The summed E-state index contributed by atoms with van der Waals surface area (Å²) in [5.74, 6) is 0.899. The quantitative estimate of drug-likeness (QED) is 0.753. The third kappa shape index (κ3) is 1.36. The van der Waals surface area contributed by atoms with Crippen LogP contribution in [0.3, 0.4) is 0 Å². The third-order valence-corrected chi connectivity index (χ3v) is 3.70. The molecule has 0 fully saturated rings. The van der Waals surface area contributed by atoms with Gasteiger partial charge in [0.1, 0.15) is 5.84 Å². The van der Waals surface area contributed by atoms with Crippen molar-refractivity contribution in [2.75, 3.05) is 13.1 Å². The first-order valence-electron chi connectivity index (χ1n) is 4.64. The number of nitrogens with zero attached hydrogens (tertiary/aromatic N) is 2. The first-order chi connectivity index (χ1) is 7.25. The minimum Gasteiger partial charge on any atom is -0.304 e. The number of amidine groups is 2. The second kappa shape index (κ2) is 3.25. The Labute approximate surface area is 96.6 Å². The number of rotatable bonds is 0. The summed E-state index contributed by atoms with van der Waals surface area (Å²) in [4.78, 5) is 7.42. The Kier molecular flexibility index (Phi) is 2.00. The van der Waals surface area contributed by atoms with E-state index in [2.05, 4.69) is 4.99 Å². The molecule has 2 aliphatic heterocycles. The lowest BCUT2D eigenvalue weighted by Crippen LogP contribution is -2.35. The second-order valence-electron chi connectivity index (χ2n) is 3.40. The van der Waals surface area contributed by atoms with Crippen LogP contribution in [-0.2, 0) is 0 Å². The van der Waals surface area contributed by atoms with Crippen LogP contribution >= 0.6 is 23.4 Å². The van der Waals surface area contributed by atoms with Gasteiger partial charge in [0, 0.05) is 22.0 Å². The molecule has 0 radical (unpaired) electrons. The van der Waals surface area contributed by atoms with Crippen molar-refractivity contribution in [2.45, 2.75) is 4.90 Å². The molecule has 0 amide bonds. The summed E-state index contributed by atoms with van der Waals surface area (Å²) < 4.78 is 0. The van der Waals surface area contributed by atoms with Crippen molar-refractivity contribution in [1.82, 2.24) is 4.90 Å². The van der Waals surface area contributed by atoms with E-state index in [9.17, 15) is 0 Å². The van der Waals surface area contributed by atoms with Gasteiger partial charge in [-0.15, -0.1) is 0 Å². The van der Waals surface area contributed by atoms with Crippen molar-refractivity contribution >= 4 is 34.4 Å². The van der Waals surface area contributed by atoms with Gasteiger partial charge in [0.25, 0.3) is 0 Å². The van der Waals surface area contributed by atoms with Gasteiger partial charge in [-0.05, 0) is 18.2 Å². The normalized spacial score (nSPS) is 18.6. The molecule has 0 aromatic heterocycles. The molecule has 15 heavy (non-hydrogen) atoms. The van der Waals surface area contributed by atoms with Gasteiger partial charge in [0.2, 0.25) is 0 Å². The van der Waals surface area contributed by atoms with Crippen LogP contribution in [0.1, 0.15) is 5.56 Å². The molecule has 0 atom stereocenters. The zero-order valence-corrected chi connectivity index (χ0v) is 9.40. The first-order valence-corrected chi connectivity index (χ1v) is 5.83. The molecule has 2 heterocycles. The fraction of sp³-hybridized carbons (Fsp3) is 0.200. The van der Waals surface area contributed by atoms with Crippen molar-refractivity contribution in [1.29, 1.82) is 5.41 Å². The number of aliphatic imine (C=N–C) groups is 1. The van der Waals surface area contributed by atoms with Crippen LogP contribution in [0.5, 0.6) is 0 Å². The topological polar surface area (TPSA) is 39.5 Å². The summed E-state index contributed by atoms with van der Waals surface area (Å²) in [6, 6.07) is 5.73. The zero-order valence-electron chi connectivity index (χ0n) is 7.83. The Morgan fingerprint density at radius 3 is 3.20 bits per heavy atom. The maximum Gasteiger partial charge on any atom is 0.167 e. The molecule has 0 saturated carbocycles. The van der Waals surface area contributed by atoms with E-state index in [4.69, 9.17) is 17.0 Å². The number of benzene rings is 1. The highest BCUT2D eigenvalue weighted by atomic mass is 35.5. The fourth-order valence-corrected chi connectivity index (χ4v) is 2.87. The van der Waals surface area contributed by atoms with Gasteiger partial charge in [-0.2, -0.15) is 0 Å². The SMILES string of the molecule is N=C1Sc2ccc(Cl)cc2C2=NCCN12. The average Bonchev–Trinajstić information content (AvgIpc) is 2.69. The first kappa shape index (κ1) is 9.24. The molecule has 0 bridgehead atoms. The Morgan fingerprint density at radius 2 is 2.33 bits per heavy atom. The van der Waals surface area contributed by atoms with Crippen LogP contribution in [0.15, 0.2) is 28.1 Å². The molecule has 2 aliphatic rings. The predicted molar refractivity (Wildman–Crippen MR) is 63.1 cm³/mol. The summed E-state index contributed by atoms with van der Waals surface area (Å²) in [5.41, 5.74) is 1.06.